The Balaban J connectivity index is 3.27. The summed E-state index contributed by atoms with van der Waals surface area (Å²) in [5.41, 5.74) is 0.924. The molecule has 0 unspecified atom stereocenters. The summed E-state index contributed by atoms with van der Waals surface area (Å²) in [7, 11) is -3.89. The van der Waals surface area contributed by atoms with Gasteiger partial charge in [-0.1, -0.05) is 12.1 Å². The molecule has 1 aromatic carbocycles. The van der Waals surface area contributed by atoms with Gasteiger partial charge in [0.1, 0.15) is 0 Å². The van der Waals surface area contributed by atoms with E-state index in [2.05, 4.69) is 0 Å². The summed E-state index contributed by atoms with van der Waals surface area (Å²) in [4.78, 5) is 10.5. The van der Waals surface area contributed by atoms with E-state index in [0.717, 1.165) is 10.4 Å². The lowest BCUT2D eigenvalue weighted by Gasteiger charge is -2.21. The lowest BCUT2D eigenvalue weighted by atomic mass is 10.1. The maximum atomic E-state index is 12.6. The molecular weight excluding hydrogens is 310 g/mol. The molecule has 0 aliphatic heterocycles. The SMILES string of the molecule is Cc1ccc(/C=C/C(=O)O)cc1S(=O)(=O)N(CCO)CCO. The number of benzene rings is 1. The maximum absolute atomic E-state index is 12.6. The Hall–Kier alpha value is -1.74. The molecule has 0 spiro atoms. The number of carbonyl (C=O) groups is 1. The van der Waals surface area contributed by atoms with Gasteiger partial charge in [0.15, 0.2) is 0 Å². The molecule has 122 valence electrons. The fourth-order valence-corrected chi connectivity index (χ4v) is 3.56. The molecule has 3 N–H and O–H groups in total. The molecule has 0 heterocycles. The fourth-order valence-electron chi connectivity index (χ4n) is 1.88. The third-order valence-electron chi connectivity index (χ3n) is 2.95. The van der Waals surface area contributed by atoms with Crippen molar-refractivity contribution in [2.45, 2.75) is 11.8 Å². The molecule has 0 aliphatic carbocycles. The van der Waals surface area contributed by atoms with Gasteiger partial charge in [-0.15, -0.1) is 0 Å². The normalized spacial score (nSPS) is 12.2. The fraction of sp³-hybridized carbons (Fsp3) is 0.357. The van der Waals surface area contributed by atoms with E-state index in [1.54, 1.807) is 19.1 Å². The van der Waals surface area contributed by atoms with Crippen molar-refractivity contribution in [3.63, 3.8) is 0 Å². The molecule has 0 radical (unpaired) electrons. The molecule has 0 atom stereocenters. The summed E-state index contributed by atoms with van der Waals surface area (Å²) in [6, 6.07) is 4.55. The quantitative estimate of drug-likeness (QED) is 0.581. The predicted octanol–water partition coefficient (Wildman–Crippen LogP) is 0.0681. The highest BCUT2D eigenvalue weighted by Crippen LogP contribution is 2.22. The lowest BCUT2D eigenvalue weighted by molar-refractivity contribution is -0.131. The van der Waals surface area contributed by atoms with E-state index in [1.807, 2.05) is 0 Å². The summed E-state index contributed by atoms with van der Waals surface area (Å²) < 4.78 is 26.2. The Bertz CT molecular complexity index is 647. The Morgan fingerprint density at radius 2 is 1.82 bits per heavy atom. The van der Waals surface area contributed by atoms with E-state index in [0.29, 0.717) is 11.1 Å². The van der Waals surface area contributed by atoms with Gasteiger partial charge in [0.25, 0.3) is 0 Å². The van der Waals surface area contributed by atoms with Crippen LogP contribution in [0.25, 0.3) is 6.08 Å². The molecule has 22 heavy (non-hydrogen) atoms. The van der Waals surface area contributed by atoms with Gasteiger partial charge in [0.2, 0.25) is 10.0 Å². The number of carboxylic acid groups (broad SMARTS) is 1. The number of aliphatic carboxylic acids is 1. The Kier molecular flexibility index (Phi) is 6.69. The van der Waals surface area contributed by atoms with E-state index in [4.69, 9.17) is 15.3 Å². The summed E-state index contributed by atoms with van der Waals surface area (Å²) in [6.07, 6.45) is 2.21. The summed E-state index contributed by atoms with van der Waals surface area (Å²) >= 11 is 0. The van der Waals surface area contributed by atoms with Gasteiger partial charge in [-0.3, -0.25) is 0 Å². The van der Waals surface area contributed by atoms with E-state index >= 15 is 0 Å². The van der Waals surface area contributed by atoms with Gasteiger partial charge in [-0.2, -0.15) is 4.31 Å². The number of hydrogen-bond acceptors (Lipinski definition) is 5. The molecule has 7 nitrogen and oxygen atoms in total. The summed E-state index contributed by atoms with van der Waals surface area (Å²) in [5, 5.41) is 26.6. The van der Waals surface area contributed by atoms with Crippen LogP contribution in [0.2, 0.25) is 0 Å². The van der Waals surface area contributed by atoms with Crippen molar-refractivity contribution in [3.05, 3.63) is 35.4 Å². The van der Waals surface area contributed by atoms with Gasteiger partial charge >= 0.3 is 5.97 Å². The number of aryl methyl sites for hydroxylation is 1. The zero-order valence-corrected chi connectivity index (χ0v) is 13.0. The van der Waals surface area contributed by atoms with Crippen LogP contribution in [0.4, 0.5) is 0 Å². The minimum atomic E-state index is -3.89. The van der Waals surface area contributed by atoms with Crippen LogP contribution in [0.3, 0.4) is 0 Å². The topological polar surface area (TPSA) is 115 Å². The number of rotatable bonds is 8. The Morgan fingerprint density at radius 1 is 1.23 bits per heavy atom. The predicted molar refractivity (Wildman–Crippen MR) is 80.8 cm³/mol. The highest BCUT2D eigenvalue weighted by molar-refractivity contribution is 7.89. The Labute approximate surface area is 129 Å². The second-order valence-corrected chi connectivity index (χ2v) is 6.45. The monoisotopic (exact) mass is 329 g/mol. The number of hydrogen-bond donors (Lipinski definition) is 3. The van der Waals surface area contributed by atoms with Gasteiger partial charge in [0.05, 0.1) is 18.1 Å². The van der Waals surface area contributed by atoms with Gasteiger partial charge < -0.3 is 15.3 Å². The average molecular weight is 329 g/mol. The molecule has 0 aliphatic rings. The number of aliphatic hydroxyl groups is 2. The van der Waals surface area contributed by atoms with Crippen LogP contribution in [-0.2, 0) is 14.8 Å². The second kappa shape index (κ2) is 8.04. The zero-order valence-electron chi connectivity index (χ0n) is 12.1. The van der Waals surface area contributed by atoms with E-state index in [1.165, 1.54) is 12.1 Å². The van der Waals surface area contributed by atoms with Crippen molar-refractivity contribution in [3.8, 4) is 0 Å². The molecule has 0 amide bonds. The number of carboxylic acids is 1. The highest BCUT2D eigenvalue weighted by Gasteiger charge is 2.25. The molecular formula is C14H19NO6S. The van der Waals surface area contributed by atoms with Crippen LogP contribution in [0.1, 0.15) is 11.1 Å². The van der Waals surface area contributed by atoms with Crippen molar-refractivity contribution in [1.82, 2.24) is 4.31 Å². The third kappa shape index (κ3) is 4.63. The summed E-state index contributed by atoms with van der Waals surface area (Å²) in [5.74, 6) is -1.13. The maximum Gasteiger partial charge on any atom is 0.328 e. The van der Waals surface area contributed by atoms with Crippen LogP contribution in [0, 0.1) is 6.92 Å². The molecule has 0 saturated carbocycles. The van der Waals surface area contributed by atoms with E-state index in [9.17, 15) is 13.2 Å². The first-order valence-corrected chi connectivity index (χ1v) is 8.00. The largest absolute Gasteiger partial charge is 0.478 e. The van der Waals surface area contributed by atoms with Crippen LogP contribution in [0.15, 0.2) is 29.2 Å². The number of nitrogens with zero attached hydrogens (tertiary/aromatic N) is 1. The molecule has 1 rings (SSSR count). The smallest absolute Gasteiger partial charge is 0.328 e. The van der Waals surface area contributed by atoms with Gasteiger partial charge in [-0.05, 0) is 30.2 Å². The zero-order chi connectivity index (χ0) is 16.8. The van der Waals surface area contributed by atoms with Crippen molar-refractivity contribution >= 4 is 22.1 Å². The minimum Gasteiger partial charge on any atom is -0.478 e. The first kappa shape index (κ1) is 18.3. The van der Waals surface area contributed by atoms with Crippen LogP contribution in [-0.4, -0.2) is 60.3 Å². The van der Waals surface area contributed by atoms with Crippen molar-refractivity contribution < 1.29 is 28.5 Å². The lowest BCUT2D eigenvalue weighted by Crippen LogP contribution is -2.36. The molecule has 0 bridgehead atoms. The third-order valence-corrected chi connectivity index (χ3v) is 4.99. The highest BCUT2D eigenvalue weighted by atomic mass is 32.2. The van der Waals surface area contributed by atoms with Crippen LogP contribution < -0.4 is 0 Å². The molecule has 0 aromatic heterocycles. The van der Waals surface area contributed by atoms with Crippen molar-refractivity contribution in [2.75, 3.05) is 26.3 Å². The molecule has 1 aromatic rings. The minimum absolute atomic E-state index is 0.0157. The molecule has 0 fully saturated rings. The Morgan fingerprint density at radius 3 is 2.32 bits per heavy atom. The molecule has 0 saturated heterocycles. The first-order chi connectivity index (χ1) is 10.3. The van der Waals surface area contributed by atoms with Crippen LogP contribution in [0.5, 0.6) is 0 Å². The first-order valence-electron chi connectivity index (χ1n) is 6.56. The van der Waals surface area contributed by atoms with Gasteiger partial charge in [0, 0.05) is 19.2 Å². The van der Waals surface area contributed by atoms with Crippen molar-refractivity contribution in [2.24, 2.45) is 0 Å². The van der Waals surface area contributed by atoms with E-state index in [-0.39, 0.29) is 31.2 Å². The number of aliphatic hydroxyl groups excluding tert-OH is 2. The number of sulfonamides is 1. The van der Waals surface area contributed by atoms with Gasteiger partial charge in [-0.25, -0.2) is 13.2 Å². The second-order valence-electron chi connectivity index (χ2n) is 4.55. The summed E-state index contributed by atoms with van der Waals surface area (Å²) in [6.45, 7) is 0.635. The van der Waals surface area contributed by atoms with Crippen LogP contribution >= 0.6 is 0 Å². The average Bonchev–Trinajstić information content (AvgIpc) is 2.45. The standard InChI is InChI=1S/C14H19NO6S/c1-11-2-3-12(4-5-14(18)19)10-13(11)22(20,21)15(6-8-16)7-9-17/h2-5,10,16-17H,6-9H2,1H3,(H,18,19)/b5-4+. The van der Waals surface area contributed by atoms with E-state index < -0.39 is 16.0 Å². The molecule has 8 heteroatoms. The van der Waals surface area contributed by atoms with Crippen molar-refractivity contribution in [1.29, 1.82) is 0 Å².